The molecule has 18 heavy (non-hydrogen) atoms. The van der Waals surface area contributed by atoms with Crippen LogP contribution in [-0.4, -0.2) is 49.6 Å². The summed E-state index contributed by atoms with van der Waals surface area (Å²) in [5.74, 6) is 0.970. The lowest BCUT2D eigenvalue weighted by molar-refractivity contribution is 0.142. The second-order valence-electron chi connectivity index (χ2n) is 5.16. The molecular formula is C14H27N3O. The average molecular weight is 253 g/mol. The van der Waals surface area contributed by atoms with Crippen LogP contribution in [0.15, 0.2) is 22.8 Å². The molecule has 0 aromatic carbocycles. The smallest absolute Gasteiger partial charge is 0.122 e. The van der Waals surface area contributed by atoms with Crippen molar-refractivity contribution in [3.8, 4) is 0 Å². The van der Waals surface area contributed by atoms with E-state index in [1.165, 1.54) is 0 Å². The van der Waals surface area contributed by atoms with Crippen LogP contribution in [0, 0.1) is 0 Å². The van der Waals surface area contributed by atoms with Gasteiger partial charge in [-0.05, 0) is 46.1 Å². The Morgan fingerprint density at radius 3 is 2.44 bits per heavy atom. The Hall–Kier alpha value is -0.840. The summed E-state index contributed by atoms with van der Waals surface area (Å²) < 4.78 is 5.56. The van der Waals surface area contributed by atoms with Crippen molar-refractivity contribution in [2.45, 2.75) is 32.4 Å². The molecule has 0 radical (unpaired) electrons. The van der Waals surface area contributed by atoms with E-state index in [1.807, 2.05) is 19.1 Å². The van der Waals surface area contributed by atoms with Crippen molar-refractivity contribution in [3.63, 3.8) is 0 Å². The summed E-state index contributed by atoms with van der Waals surface area (Å²) in [6.07, 6.45) is 2.85. The molecular weight excluding hydrogens is 226 g/mol. The minimum atomic E-state index is 0.0601. The van der Waals surface area contributed by atoms with Crippen molar-refractivity contribution in [1.29, 1.82) is 0 Å². The average Bonchev–Trinajstić information content (AvgIpc) is 2.79. The van der Waals surface area contributed by atoms with Gasteiger partial charge in [-0.2, -0.15) is 0 Å². The number of furan rings is 1. The van der Waals surface area contributed by atoms with Gasteiger partial charge >= 0.3 is 0 Å². The summed E-state index contributed by atoms with van der Waals surface area (Å²) in [5, 5.41) is 0. The monoisotopic (exact) mass is 253 g/mol. The van der Waals surface area contributed by atoms with Crippen LogP contribution in [-0.2, 0) is 0 Å². The molecule has 0 bridgehead atoms. The molecule has 4 nitrogen and oxygen atoms in total. The molecule has 0 aliphatic rings. The summed E-state index contributed by atoms with van der Waals surface area (Å²) in [6, 6.07) is 4.18. The first kappa shape index (κ1) is 15.2. The fourth-order valence-corrected chi connectivity index (χ4v) is 2.24. The second-order valence-corrected chi connectivity index (χ2v) is 5.16. The zero-order valence-electron chi connectivity index (χ0n) is 12.1. The van der Waals surface area contributed by atoms with E-state index < -0.39 is 0 Å². The predicted octanol–water partition coefficient (Wildman–Crippen LogP) is 1.94. The van der Waals surface area contributed by atoms with Gasteiger partial charge in [0.2, 0.25) is 0 Å². The van der Waals surface area contributed by atoms with E-state index >= 15 is 0 Å². The van der Waals surface area contributed by atoms with Crippen LogP contribution in [0.4, 0.5) is 0 Å². The van der Waals surface area contributed by atoms with E-state index in [9.17, 15) is 0 Å². The highest BCUT2D eigenvalue weighted by Crippen LogP contribution is 2.24. The van der Waals surface area contributed by atoms with Crippen LogP contribution in [0.5, 0.6) is 0 Å². The lowest BCUT2D eigenvalue weighted by Gasteiger charge is -2.33. The maximum absolute atomic E-state index is 6.15. The fraction of sp³-hybridized carbons (Fsp3) is 0.714. The maximum atomic E-state index is 6.15. The highest BCUT2D eigenvalue weighted by molar-refractivity contribution is 5.07. The SMILES string of the molecule is CCCN(CCN(C)C)C(c1ccco1)C(C)N. The van der Waals surface area contributed by atoms with Crippen LogP contribution in [0.25, 0.3) is 0 Å². The third-order valence-corrected chi connectivity index (χ3v) is 3.07. The maximum Gasteiger partial charge on any atom is 0.122 e. The van der Waals surface area contributed by atoms with Crippen molar-refractivity contribution >= 4 is 0 Å². The zero-order chi connectivity index (χ0) is 13.5. The first-order valence-electron chi connectivity index (χ1n) is 6.74. The van der Waals surface area contributed by atoms with Gasteiger partial charge in [-0.3, -0.25) is 4.90 Å². The Morgan fingerprint density at radius 2 is 2.00 bits per heavy atom. The Kier molecular flexibility index (Phi) is 6.39. The van der Waals surface area contributed by atoms with Crippen molar-refractivity contribution in [1.82, 2.24) is 9.80 Å². The Labute approximate surface area is 111 Å². The van der Waals surface area contributed by atoms with Crippen LogP contribution in [0.1, 0.15) is 32.1 Å². The minimum absolute atomic E-state index is 0.0601. The fourth-order valence-electron chi connectivity index (χ4n) is 2.24. The van der Waals surface area contributed by atoms with Crippen LogP contribution in [0.2, 0.25) is 0 Å². The van der Waals surface area contributed by atoms with Gasteiger partial charge < -0.3 is 15.1 Å². The standard InChI is InChI=1S/C14H27N3O/c1-5-8-17(10-9-16(3)4)14(12(2)15)13-7-6-11-18-13/h6-7,11-12,14H,5,8-10,15H2,1-4H3. The quantitative estimate of drug-likeness (QED) is 0.769. The van der Waals surface area contributed by atoms with Crippen molar-refractivity contribution in [2.75, 3.05) is 33.7 Å². The Balaban J connectivity index is 2.77. The summed E-state index contributed by atoms with van der Waals surface area (Å²) in [7, 11) is 4.19. The molecule has 0 fully saturated rings. The van der Waals surface area contributed by atoms with E-state index in [2.05, 4.69) is 30.8 Å². The Morgan fingerprint density at radius 1 is 1.28 bits per heavy atom. The molecule has 2 unspecified atom stereocenters. The molecule has 0 spiro atoms. The lowest BCUT2D eigenvalue weighted by Crippen LogP contribution is -2.42. The zero-order valence-corrected chi connectivity index (χ0v) is 12.1. The number of hydrogen-bond donors (Lipinski definition) is 1. The lowest BCUT2D eigenvalue weighted by atomic mass is 10.1. The summed E-state index contributed by atoms with van der Waals surface area (Å²) >= 11 is 0. The van der Waals surface area contributed by atoms with Crippen LogP contribution >= 0.6 is 0 Å². The van der Waals surface area contributed by atoms with Gasteiger partial charge in [0.15, 0.2) is 0 Å². The summed E-state index contributed by atoms with van der Waals surface area (Å²) in [6.45, 7) is 7.33. The molecule has 2 atom stereocenters. The number of nitrogens with zero attached hydrogens (tertiary/aromatic N) is 2. The summed E-state index contributed by atoms with van der Waals surface area (Å²) in [4.78, 5) is 4.62. The molecule has 0 aliphatic heterocycles. The summed E-state index contributed by atoms with van der Waals surface area (Å²) in [5.41, 5.74) is 6.15. The van der Waals surface area contributed by atoms with Gasteiger partial charge in [-0.1, -0.05) is 6.92 Å². The molecule has 2 N–H and O–H groups in total. The van der Waals surface area contributed by atoms with Crippen molar-refractivity contribution < 1.29 is 4.42 Å². The highest BCUT2D eigenvalue weighted by atomic mass is 16.3. The molecule has 0 amide bonds. The number of likely N-dealkylation sites (N-methyl/N-ethyl adjacent to an activating group) is 1. The number of hydrogen-bond acceptors (Lipinski definition) is 4. The van der Waals surface area contributed by atoms with E-state index in [-0.39, 0.29) is 12.1 Å². The Bertz CT molecular complexity index is 309. The third kappa shape index (κ3) is 4.44. The minimum Gasteiger partial charge on any atom is -0.468 e. The molecule has 1 heterocycles. The van der Waals surface area contributed by atoms with E-state index in [0.717, 1.165) is 31.8 Å². The molecule has 104 valence electrons. The van der Waals surface area contributed by atoms with Gasteiger partial charge in [0.1, 0.15) is 5.76 Å². The molecule has 0 saturated heterocycles. The van der Waals surface area contributed by atoms with E-state index in [1.54, 1.807) is 6.26 Å². The normalized spacial score (nSPS) is 15.3. The number of nitrogens with two attached hydrogens (primary N) is 1. The van der Waals surface area contributed by atoms with Crippen molar-refractivity contribution in [2.24, 2.45) is 5.73 Å². The number of rotatable bonds is 8. The van der Waals surface area contributed by atoms with Gasteiger partial charge in [0, 0.05) is 19.1 Å². The third-order valence-electron chi connectivity index (χ3n) is 3.07. The largest absolute Gasteiger partial charge is 0.468 e. The first-order valence-corrected chi connectivity index (χ1v) is 6.74. The second kappa shape index (κ2) is 7.56. The topological polar surface area (TPSA) is 45.6 Å². The first-order chi connectivity index (χ1) is 8.56. The van der Waals surface area contributed by atoms with Gasteiger partial charge in [-0.15, -0.1) is 0 Å². The predicted molar refractivity (Wildman–Crippen MR) is 75.5 cm³/mol. The molecule has 0 aliphatic carbocycles. The van der Waals surface area contributed by atoms with Gasteiger partial charge in [0.25, 0.3) is 0 Å². The molecule has 0 saturated carbocycles. The molecule has 1 rings (SSSR count). The highest BCUT2D eigenvalue weighted by Gasteiger charge is 2.25. The molecule has 4 heteroatoms. The van der Waals surface area contributed by atoms with Crippen LogP contribution < -0.4 is 5.73 Å². The molecule has 1 aromatic rings. The van der Waals surface area contributed by atoms with E-state index in [0.29, 0.717) is 0 Å². The van der Waals surface area contributed by atoms with Gasteiger partial charge in [-0.25, -0.2) is 0 Å². The van der Waals surface area contributed by atoms with Crippen molar-refractivity contribution in [3.05, 3.63) is 24.2 Å². The molecule has 1 aromatic heterocycles. The van der Waals surface area contributed by atoms with Crippen LogP contribution in [0.3, 0.4) is 0 Å². The van der Waals surface area contributed by atoms with E-state index in [4.69, 9.17) is 10.2 Å². The van der Waals surface area contributed by atoms with Gasteiger partial charge in [0.05, 0.1) is 12.3 Å².